The molecule has 2 atom stereocenters. The quantitative estimate of drug-likeness (QED) is 0.823. The molecule has 0 saturated heterocycles. The normalized spacial score (nSPS) is 21.6. The van der Waals surface area contributed by atoms with Crippen molar-refractivity contribution < 1.29 is 4.74 Å². The Labute approximate surface area is 125 Å². The lowest BCUT2D eigenvalue weighted by atomic mass is 9.93. The second-order valence-electron chi connectivity index (χ2n) is 4.65. The van der Waals surface area contributed by atoms with Crippen LogP contribution in [0.2, 0.25) is 5.02 Å². The summed E-state index contributed by atoms with van der Waals surface area (Å²) < 4.78 is 6.99. The van der Waals surface area contributed by atoms with Crippen LogP contribution in [0.15, 0.2) is 46.9 Å². The first kappa shape index (κ1) is 13.0. The van der Waals surface area contributed by atoms with Gasteiger partial charge in [-0.2, -0.15) is 0 Å². The van der Waals surface area contributed by atoms with Crippen LogP contribution in [0.4, 0.5) is 0 Å². The molecule has 0 fully saturated rings. The molecule has 2 aromatic carbocycles. The minimum atomic E-state index is -0.0921. The van der Waals surface area contributed by atoms with E-state index in [0.29, 0.717) is 5.02 Å². The molecule has 98 valence electrons. The fourth-order valence-electron chi connectivity index (χ4n) is 2.41. The third kappa shape index (κ3) is 2.50. The lowest BCUT2D eigenvalue weighted by Gasteiger charge is -2.31. The van der Waals surface area contributed by atoms with Crippen LogP contribution in [-0.2, 0) is 0 Å². The largest absolute Gasteiger partial charge is 0.485 e. The molecular formula is C15H13BrClNO. The van der Waals surface area contributed by atoms with Crippen LogP contribution in [0.1, 0.15) is 29.7 Å². The van der Waals surface area contributed by atoms with Crippen molar-refractivity contribution in [2.45, 2.75) is 18.6 Å². The van der Waals surface area contributed by atoms with Gasteiger partial charge in [0.2, 0.25) is 0 Å². The fraction of sp³-hybridized carbons (Fsp3) is 0.200. The number of hydrogen-bond donors (Lipinski definition) is 1. The van der Waals surface area contributed by atoms with E-state index in [0.717, 1.165) is 27.8 Å². The average Bonchev–Trinajstić information content (AvgIpc) is 2.38. The van der Waals surface area contributed by atoms with E-state index < -0.39 is 0 Å². The van der Waals surface area contributed by atoms with E-state index >= 15 is 0 Å². The Bertz CT molecular complexity index is 617. The maximum atomic E-state index is 6.29. The smallest absolute Gasteiger partial charge is 0.127 e. The average molecular weight is 339 g/mol. The molecule has 3 rings (SSSR count). The molecule has 1 heterocycles. The summed E-state index contributed by atoms with van der Waals surface area (Å²) >= 11 is 9.69. The molecule has 0 aromatic heterocycles. The molecule has 2 N–H and O–H groups in total. The molecule has 1 aliphatic rings. The van der Waals surface area contributed by atoms with Gasteiger partial charge in [-0.1, -0.05) is 51.8 Å². The minimum Gasteiger partial charge on any atom is -0.485 e. The zero-order chi connectivity index (χ0) is 13.4. The molecule has 0 amide bonds. The van der Waals surface area contributed by atoms with Gasteiger partial charge >= 0.3 is 0 Å². The highest BCUT2D eigenvalue weighted by Gasteiger charge is 2.27. The number of benzene rings is 2. The van der Waals surface area contributed by atoms with Crippen LogP contribution in [0.3, 0.4) is 0 Å². The molecule has 0 saturated carbocycles. The predicted molar refractivity (Wildman–Crippen MR) is 80.5 cm³/mol. The Kier molecular flexibility index (Phi) is 3.52. The van der Waals surface area contributed by atoms with Gasteiger partial charge in [0.25, 0.3) is 0 Å². The summed E-state index contributed by atoms with van der Waals surface area (Å²) in [6.07, 6.45) is 0.642. The second kappa shape index (κ2) is 5.16. The van der Waals surface area contributed by atoms with Gasteiger partial charge in [0.05, 0.1) is 0 Å². The number of hydrogen-bond acceptors (Lipinski definition) is 2. The monoisotopic (exact) mass is 337 g/mol. The summed E-state index contributed by atoms with van der Waals surface area (Å²) in [5.41, 5.74) is 8.27. The highest BCUT2D eigenvalue weighted by Crippen LogP contribution is 2.41. The zero-order valence-corrected chi connectivity index (χ0v) is 12.5. The number of rotatable bonds is 1. The lowest BCUT2D eigenvalue weighted by molar-refractivity contribution is 0.161. The van der Waals surface area contributed by atoms with Gasteiger partial charge in [0.1, 0.15) is 11.9 Å². The molecular weight excluding hydrogens is 326 g/mol. The van der Waals surface area contributed by atoms with Crippen molar-refractivity contribution in [1.29, 1.82) is 0 Å². The summed E-state index contributed by atoms with van der Waals surface area (Å²) in [6.45, 7) is 0. The summed E-state index contributed by atoms with van der Waals surface area (Å²) in [4.78, 5) is 0. The van der Waals surface area contributed by atoms with E-state index in [9.17, 15) is 0 Å². The number of nitrogens with two attached hydrogens (primary N) is 1. The molecule has 1 unspecified atom stereocenters. The van der Waals surface area contributed by atoms with Crippen molar-refractivity contribution in [1.82, 2.24) is 0 Å². The molecule has 19 heavy (non-hydrogen) atoms. The number of halogens is 2. The molecule has 0 bridgehead atoms. The van der Waals surface area contributed by atoms with Gasteiger partial charge < -0.3 is 10.5 Å². The van der Waals surface area contributed by atoms with Gasteiger partial charge in [-0.15, -0.1) is 0 Å². The highest BCUT2D eigenvalue weighted by atomic mass is 79.9. The lowest BCUT2D eigenvalue weighted by Crippen LogP contribution is -2.24. The van der Waals surface area contributed by atoms with Gasteiger partial charge in [-0.25, -0.2) is 0 Å². The third-order valence-electron chi connectivity index (χ3n) is 3.37. The fourth-order valence-corrected chi connectivity index (χ4v) is 3.20. The second-order valence-corrected chi connectivity index (χ2v) is 5.98. The SMILES string of the molecule is N[C@@H]1CC(c2ccc(Br)cc2Cl)Oc2ccccc21. The molecule has 2 aromatic rings. The number of para-hydroxylation sites is 1. The molecule has 0 spiro atoms. The number of fused-ring (bicyclic) bond motifs is 1. The van der Waals surface area contributed by atoms with Gasteiger partial charge in [-0.3, -0.25) is 0 Å². The Morgan fingerprint density at radius 2 is 1.95 bits per heavy atom. The van der Waals surface area contributed by atoms with E-state index in [1.165, 1.54) is 0 Å². The van der Waals surface area contributed by atoms with Crippen molar-refractivity contribution in [3.05, 3.63) is 63.1 Å². The van der Waals surface area contributed by atoms with Crippen LogP contribution in [0.25, 0.3) is 0 Å². The zero-order valence-electron chi connectivity index (χ0n) is 10.1. The van der Waals surface area contributed by atoms with E-state index in [1.807, 2.05) is 42.5 Å². The minimum absolute atomic E-state index is 0.0188. The predicted octanol–water partition coefficient (Wildman–Crippen LogP) is 4.63. The molecule has 1 aliphatic heterocycles. The van der Waals surface area contributed by atoms with E-state index in [-0.39, 0.29) is 12.1 Å². The Morgan fingerprint density at radius 3 is 2.74 bits per heavy atom. The van der Waals surface area contributed by atoms with Gasteiger partial charge in [-0.05, 0) is 18.2 Å². The Balaban J connectivity index is 1.97. The first-order chi connectivity index (χ1) is 9.15. The maximum absolute atomic E-state index is 6.29. The maximum Gasteiger partial charge on any atom is 0.127 e. The van der Waals surface area contributed by atoms with Crippen molar-refractivity contribution in [3.63, 3.8) is 0 Å². The first-order valence-corrected chi connectivity index (χ1v) is 7.28. The van der Waals surface area contributed by atoms with Crippen molar-refractivity contribution in [3.8, 4) is 5.75 Å². The summed E-state index contributed by atoms with van der Waals surface area (Å²) in [6, 6.07) is 13.7. The van der Waals surface area contributed by atoms with Gasteiger partial charge in [0, 0.05) is 33.1 Å². The topological polar surface area (TPSA) is 35.2 Å². The molecule has 0 radical (unpaired) electrons. The number of ether oxygens (including phenoxy) is 1. The molecule has 0 aliphatic carbocycles. The van der Waals surface area contributed by atoms with Crippen LogP contribution in [0.5, 0.6) is 5.75 Å². The van der Waals surface area contributed by atoms with Crippen LogP contribution in [-0.4, -0.2) is 0 Å². The van der Waals surface area contributed by atoms with Crippen LogP contribution < -0.4 is 10.5 Å². The van der Waals surface area contributed by atoms with Crippen molar-refractivity contribution >= 4 is 27.5 Å². The van der Waals surface area contributed by atoms with Crippen molar-refractivity contribution in [2.75, 3.05) is 0 Å². The third-order valence-corrected chi connectivity index (χ3v) is 4.19. The van der Waals surface area contributed by atoms with Crippen LogP contribution in [0, 0.1) is 0 Å². The highest BCUT2D eigenvalue weighted by molar-refractivity contribution is 9.10. The van der Waals surface area contributed by atoms with Crippen LogP contribution >= 0.6 is 27.5 Å². The summed E-state index contributed by atoms with van der Waals surface area (Å²) in [5, 5.41) is 0.700. The first-order valence-electron chi connectivity index (χ1n) is 6.11. The molecule has 4 heteroatoms. The standard InChI is InChI=1S/C15H13BrClNO/c16-9-5-6-10(12(17)7-9)15-8-13(18)11-3-1-2-4-14(11)19-15/h1-7,13,15H,8,18H2/t13-,15?/m1/s1. The summed E-state index contributed by atoms with van der Waals surface area (Å²) in [7, 11) is 0. The summed E-state index contributed by atoms with van der Waals surface area (Å²) in [5.74, 6) is 0.852. The van der Waals surface area contributed by atoms with Crippen molar-refractivity contribution in [2.24, 2.45) is 5.73 Å². The Morgan fingerprint density at radius 1 is 1.16 bits per heavy atom. The molecule has 2 nitrogen and oxygen atoms in total. The van der Waals surface area contributed by atoms with E-state index in [1.54, 1.807) is 0 Å². The Hall–Kier alpha value is -1.03. The van der Waals surface area contributed by atoms with E-state index in [2.05, 4.69) is 15.9 Å². The van der Waals surface area contributed by atoms with Gasteiger partial charge in [0.15, 0.2) is 0 Å². The van der Waals surface area contributed by atoms with E-state index in [4.69, 9.17) is 22.1 Å².